The smallest absolute Gasteiger partial charge is 0.357 e. The molecule has 2 heterocycles. The van der Waals surface area contributed by atoms with Crippen molar-refractivity contribution in [3.05, 3.63) is 83.8 Å². The van der Waals surface area contributed by atoms with Gasteiger partial charge >= 0.3 is 5.97 Å². The standard InChI is InChI=1S/C28H25N3O7S/c1-35-15-16-38-28(32)23-17-25(37-3)20(18-30-23)11-10-19-7-4-5-9-22(19)31-39(33,34)26-13-12-24(36-2)21-8-6-14-29-27(21)26/h4-9,12-14,17-18,31H,15-16H2,1-3H3. The van der Waals surface area contributed by atoms with Crippen LogP contribution in [0.2, 0.25) is 0 Å². The minimum atomic E-state index is -4.04. The van der Waals surface area contributed by atoms with E-state index in [1.807, 2.05) is 0 Å². The summed E-state index contributed by atoms with van der Waals surface area (Å²) in [6, 6.07) is 14.6. The van der Waals surface area contributed by atoms with Crippen LogP contribution in [-0.4, -0.2) is 58.9 Å². The van der Waals surface area contributed by atoms with Gasteiger partial charge in [-0.1, -0.05) is 24.0 Å². The van der Waals surface area contributed by atoms with Gasteiger partial charge in [-0.2, -0.15) is 0 Å². The largest absolute Gasteiger partial charge is 0.496 e. The lowest BCUT2D eigenvalue weighted by Crippen LogP contribution is -2.14. The fraction of sp³-hybridized carbons (Fsp3) is 0.179. The molecule has 0 spiro atoms. The molecule has 200 valence electrons. The number of fused-ring (bicyclic) bond motifs is 1. The van der Waals surface area contributed by atoms with Crippen LogP contribution in [0.1, 0.15) is 21.6 Å². The number of benzene rings is 2. The Hall–Kier alpha value is -4.66. The number of carbonyl (C=O) groups is 1. The lowest BCUT2D eigenvalue weighted by Gasteiger charge is -2.13. The lowest BCUT2D eigenvalue weighted by atomic mass is 10.1. The molecule has 0 saturated carbocycles. The van der Waals surface area contributed by atoms with Crippen molar-refractivity contribution < 1.29 is 32.2 Å². The van der Waals surface area contributed by atoms with Crippen molar-refractivity contribution in [1.29, 1.82) is 0 Å². The maximum absolute atomic E-state index is 13.4. The van der Waals surface area contributed by atoms with Crippen LogP contribution in [0.3, 0.4) is 0 Å². The third-order valence-corrected chi connectivity index (χ3v) is 6.92. The molecular formula is C28H25N3O7S. The number of para-hydroxylation sites is 1. The average Bonchev–Trinajstić information content (AvgIpc) is 2.95. The molecule has 2 aromatic heterocycles. The summed E-state index contributed by atoms with van der Waals surface area (Å²) < 4.78 is 50.1. The highest BCUT2D eigenvalue weighted by molar-refractivity contribution is 7.93. The zero-order chi connectivity index (χ0) is 27.8. The van der Waals surface area contributed by atoms with E-state index < -0.39 is 16.0 Å². The number of nitrogens with one attached hydrogen (secondary N) is 1. The average molecular weight is 548 g/mol. The molecule has 4 aromatic rings. The number of methoxy groups -OCH3 is 3. The maximum atomic E-state index is 13.4. The Morgan fingerprint density at radius 2 is 1.67 bits per heavy atom. The Labute approximate surface area is 226 Å². The van der Waals surface area contributed by atoms with Crippen molar-refractivity contribution in [1.82, 2.24) is 9.97 Å². The van der Waals surface area contributed by atoms with Crippen LogP contribution < -0.4 is 14.2 Å². The molecular weight excluding hydrogens is 522 g/mol. The maximum Gasteiger partial charge on any atom is 0.357 e. The number of anilines is 1. The second-order valence-corrected chi connectivity index (χ2v) is 9.62. The van der Waals surface area contributed by atoms with Crippen LogP contribution in [0.4, 0.5) is 5.69 Å². The minimum Gasteiger partial charge on any atom is -0.496 e. The number of aromatic nitrogens is 2. The number of pyridine rings is 2. The fourth-order valence-electron chi connectivity index (χ4n) is 3.63. The monoisotopic (exact) mass is 547 g/mol. The number of sulfonamides is 1. The molecule has 10 nitrogen and oxygen atoms in total. The van der Waals surface area contributed by atoms with E-state index in [0.717, 1.165) is 0 Å². The second-order valence-electron chi connectivity index (χ2n) is 7.97. The summed E-state index contributed by atoms with van der Waals surface area (Å²) in [6.07, 6.45) is 2.91. The Bertz CT molecular complexity index is 1680. The van der Waals surface area contributed by atoms with E-state index in [9.17, 15) is 13.2 Å². The molecule has 39 heavy (non-hydrogen) atoms. The first-order valence-corrected chi connectivity index (χ1v) is 13.1. The third-order valence-electron chi connectivity index (χ3n) is 5.52. The van der Waals surface area contributed by atoms with Gasteiger partial charge in [0, 0.05) is 36.5 Å². The van der Waals surface area contributed by atoms with E-state index in [4.69, 9.17) is 18.9 Å². The quantitative estimate of drug-likeness (QED) is 0.190. The molecule has 0 radical (unpaired) electrons. The van der Waals surface area contributed by atoms with E-state index in [0.29, 0.717) is 28.0 Å². The first-order valence-electron chi connectivity index (χ1n) is 11.6. The normalized spacial score (nSPS) is 10.8. The van der Waals surface area contributed by atoms with Gasteiger partial charge in [0.15, 0.2) is 5.69 Å². The molecule has 0 saturated heterocycles. The first-order chi connectivity index (χ1) is 18.9. The second kappa shape index (κ2) is 12.3. The number of nitrogens with zero attached hydrogens (tertiary/aromatic N) is 2. The van der Waals surface area contributed by atoms with Gasteiger partial charge < -0.3 is 18.9 Å². The van der Waals surface area contributed by atoms with Gasteiger partial charge in [0.2, 0.25) is 0 Å². The summed E-state index contributed by atoms with van der Waals surface area (Å²) in [5, 5.41) is 0.571. The third kappa shape index (κ3) is 6.26. The molecule has 0 atom stereocenters. The van der Waals surface area contributed by atoms with Gasteiger partial charge in [0.25, 0.3) is 10.0 Å². The number of hydrogen-bond donors (Lipinski definition) is 1. The topological polar surface area (TPSA) is 126 Å². The number of esters is 1. The molecule has 11 heteroatoms. The Morgan fingerprint density at radius 3 is 2.44 bits per heavy atom. The van der Waals surface area contributed by atoms with E-state index in [2.05, 4.69) is 26.5 Å². The van der Waals surface area contributed by atoms with Crippen LogP contribution in [0, 0.1) is 11.8 Å². The predicted octanol–water partition coefficient (Wildman–Crippen LogP) is 3.65. The number of ether oxygens (including phenoxy) is 4. The molecule has 0 unspecified atom stereocenters. The molecule has 0 aliphatic carbocycles. The minimum absolute atomic E-state index is 0.000468. The van der Waals surface area contributed by atoms with E-state index in [1.165, 1.54) is 45.9 Å². The van der Waals surface area contributed by atoms with Crippen LogP contribution >= 0.6 is 0 Å². The van der Waals surface area contributed by atoms with Gasteiger partial charge in [0.1, 0.15) is 23.0 Å². The van der Waals surface area contributed by atoms with Gasteiger partial charge in [-0.05, 0) is 36.4 Å². The van der Waals surface area contributed by atoms with Gasteiger partial charge in [-0.15, -0.1) is 0 Å². The molecule has 0 fully saturated rings. The summed E-state index contributed by atoms with van der Waals surface area (Å²) >= 11 is 0. The summed E-state index contributed by atoms with van der Waals surface area (Å²) in [5.41, 5.74) is 1.42. The number of carbonyl (C=O) groups excluding carboxylic acids is 1. The van der Waals surface area contributed by atoms with Gasteiger partial charge in [0.05, 0.1) is 37.6 Å². The first kappa shape index (κ1) is 27.4. The van der Waals surface area contributed by atoms with Crippen molar-refractivity contribution in [2.45, 2.75) is 4.90 Å². The summed E-state index contributed by atoms with van der Waals surface area (Å²) in [4.78, 5) is 20.6. The molecule has 4 rings (SSSR count). The highest BCUT2D eigenvalue weighted by Gasteiger charge is 2.21. The zero-order valence-electron chi connectivity index (χ0n) is 21.4. The highest BCUT2D eigenvalue weighted by Crippen LogP contribution is 2.31. The molecule has 1 N–H and O–H groups in total. The van der Waals surface area contributed by atoms with Crippen LogP contribution in [0.25, 0.3) is 10.9 Å². The summed E-state index contributed by atoms with van der Waals surface area (Å²) in [6.45, 7) is 0.358. The molecule has 2 aromatic carbocycles. The molecule has 0 amide bonds. The van der Waals surface area contributed by atoms with E-state index in [-0.39, 0.29) is 35.0 Å². The lowest BCUT2D eigenvalue weighted by molar-refractivity contribution is 0.0381. The highest BCUT2D eigenvalue weighted by atomic mass is 32.2. The fourth-order valence-corrected chi connectivity index (χ4v) is 4.88. The van der Waals surface area contributed by atoms with Crippen LogP contribution in [0.15, 0.2) is 71.9 Å². The molecule has 0 bridgehead atoms. The van der Waals surface area contributed by atoms with E-state index in [1.54, 1.807) is 42.5 Å². The van der Waals surface area contributed by atoms with Crippen molar-refractivity contribution in [2.75, 3.05) is 39.3 Å². The number of hydrogen-bond acceptors (Lipinski definition) is 9. The van der Waals surface area contributed by atoms with Crippen LogP contribution in [0.5, 0.6) is 11.5 Å². The van der Waals surface area contributed by atoms with E-state index >= 15 is 0 Å². The van der Waals surface area contributed by atoms with Crippen molar-refractivity contribution in [3.8, 4) is 23.3 Å². The van der Waals surface area contributed by atoms with Crippen LogP contribution in [-0.2, 0) is 19.5 Å². The van der Waals surface area contributed by atoms with Gasteiger partial charge in [-0.25, -0.2) is 18.2 Å². The van der Waals surface area contributed by atoms with Crippen molar-refractivity contribution >= 4 is 32.6 Å². The van der Waals surface area contributed by atoms with Crippen molar-refractivity contribution in [2.24, 2.45) is 0 Å². The van der Waals surface area contributed by atoms with Crippen molar-refractivity contribution in [3.63, 3.8) is 0 Å². The summed E-state index contributed by atoms with van der Waals surface area (Å²) in [7, 11) is 0.413. The summed E-state index contributed by atoms with van der Waals surface area (Å²) in [5.74, 6) is 6.10. The Balaban J connectivity index is 1.63. The number of rotatable bonds is 9. The SMILES string of the molecule is COCCOC(=O)c1cc(OC)c(C#Cc2ccccc2NS(=O)(=O)c2ccc(OC)c3cccnc23)cn1. The zero-order valence-corrected chi connectivity index (χ0v) is 22.2. The molecule has 0 aliphatic rings. The predicted molar refractivity (Wildman–Crippen MR) is 144 cm³/mol. The Kier molecular flexibility index (Phi) is 8.60. The Morgan fingerprint density at radius 1 is 0.897 bits per heavy atom. The molecule has 0 aliphatic heterocycles. The van der Waals surface area contributed by atoms with Gasteiger partial charge in [-0.3, -0.25) is 9.71 Å².